The van der Waals surface area contributed by atoms with Crippen LogP contribution in [0.4, 0.5) is 5.82 Å². The fourth-order valence-corrected chi connectivity index (χ4v) is 1.96. The van der Waals surface area contributed by atoms with E-state index in [1.807, 2.05) is 0 Å². The molecule has 1 aliphatic rings. The summed E-state index contributed by atoms with van der Waals surface area (Å²) in [6.07, 6.45) is 8.83. The van der Waals surface area contributed by atoms with Gasteiger partial charge in [-0.05, 0) is 25.8 Å². The second-order valence-electron chi connectivity index (χ2n) is 4.58. The van der Waals surface area contributed by atoms with Crippen LogP contribution in [0.2, 0.25) is 0 Å². The maximum Gasteiger partial charge on any atom is 0.234 e. The molecule has 0 spiro atoms. The van der Waals surface area contributed by atoms with Crippen LogP contribution in [0, 0.1) is 0 Å². The number of hydrogen-bond donors (Lipinski definition) is 2. The molecule has 0 fully saturated rings. The smallest absolute Gasteiger partial charge is 0.234 e. The molecule has 1 aromatic heterocycles. The van der Waals surface area contributed by atoms with Crippen LogP contribution >= 0.6 is 0 Å². The summed E-state index contributed by atoms with van der Waals surface area (Å²) in [5.41, 5.74) is 1.51. The topological polar surface area (TPSA) is 59.1 Å². The molecule has 2 heterocycles. The van der Waals surface area contributed by atoms with Gasteiger partial charge in [0.2, 0.25) is 5.88 Å². The third-order valence-electron chi connectivity index (χ3n) is 2.98. The molecule has 0 saturated carbocycles. The van der Waals surface area contributed by atoms with Crippen LogP contribution in [0.15, 0.2) is 24.0 Å². The van der Waals surface area contributed by atoms with Crippen molar-refractivity contribution in [3.05, 3.63) is 24.0 Å². The number of rotatable bonds is 7. The fourth-order valence-electron chi connectivity index (χ4n) is 1.96. The first-order chi connectivity index (χ1) is 9.38. The molecule has 0 amide bonds. The van der Waals surface area contributed by atoms with Crippen LogP contribution in [0.25, 0.3) is 0 Å². The van der Waals surface area contributed by atoms with E-state index in [0.29, 0.717) is 12.5 Å². The first-order valence-corrected chi connectivity index (χ1v) is 6.96. The maximum atomic E-state index is 5.46. The summed E-state index contributed by atoms with van der Waals surface area (Å²) in [6, 6.07) is 0. The predicted molar refractivity (Wildman–Crippen MR) is 76.5 cm³/mol. The SMILES string of the molecule is CCCOc1cncc(NCCC2=CCNCC2)n1. The van der Waals surface area contributed by atoms with Crippen LogP contribution in [0.3, 0.4) is 0 Å². The van der Waals surface area contributed by atoms with Crippen molar-refractivity contribution in [1.82, 2.24) is 15.3 Å². The lowest BCUT2D eigenvalue weighted by molar-refractivity contribution is 0.304. The van der Waals surface area contributed by atoms with Gasteiger partial charge in [-0.15, -0.1) is 0 Å². The van der Waals surface area contributed by atoms with Crippen LogP contribution in [0.5, 0.6) is 5.88 Å². The number of nitrogens with one attached hydrogen (secondary N) is 2. The van der Waals surface area contributed by atoms with Crippen molar-refractivity contribution in [3.63, 3.8) is 0 Å². The van der Waals surface area contributed by atoms with E-state index in [1.165, 1.54) is 5.57 Å². The highest BCUT2D eigenvalue weighted by Gasteiger charge is 2.03. The first kappa shape index (κ1) is 13.8. The van der Waals surface area contributed by atoms with E-state index in [0.717, 1.165) is 44.7 Å². The zero-order chi connectivity index (χ0) is 13.3. The van der Waals surface area contributed by atoms with Crippen molar-refractivity contribution in [1.29, 1.82) is 0 Å². The molecule has 104 valence electrons. The molecule has 0 saturated heterocycles. The molecule has 1 aromatic rings. The van der Waals surface area contributed by atoms with Gasteiger partial charge in [-0.3, -0.25) is 4.98 Å². The molecule has 2 N–H and O–H groups in total. The molecule has 0 bridgehead atoms. The van der Waals surface area contributed by atoms with Gasteiger partial charge in [0.15, 0.2) is 0 Å². The Morgan fingerprint density at radius 3 is 3.16 bits per heavy atom. The number of anilines is 1. The molecule has 0 radical (unpaired) electrons. The van der Waals surface area contributed by atoms with Gasteiger partial charge >= 0.3 is 0 Å². The third-order valence-corrected chi connectivity index (χ3v) is 2.98. The van der Waals surface area contributed by atoms with Crippen molar-refractivity contribution in [2.24, 2.45) is 0 Å². The molecule has 0 aromatic carbocycles. The molecular formula is C14H22N4O. The van der Waals surface area contributed by atoms with E-state index in [-0.39, 0.29) is 0 Å². The summed E-state index contributed by atoms with van der Waals surface area (Å²) in [7, 11) is 0. The Hall–Kier alpha value is -1.62. The van der Waals surface area contributed by atoms with Crippen molar-refractivity contribution in [2.75, 3.05) is 31.6 Å². The summed E-state index contributed by atoms with van der Waals surface area (Å²) < 4.78 is 5.46. The quantitative estimate of drug-likeness (QED) is 0.736. The second-order valence-corrected chi connectivity index (χ2v) is 4.58. The van der Waals surface area contributed by atoms with Crippen LogP contribution < -0.4 is 15.4 Å². The first-order valence-electron chi connectivity index (χ1n) is 6.96. The lowest BCUT2D eigenvalue weighted by Crippen LogP contribution is -2.21. The molecule has 1 aliphatic heterocycles. The van der Waals surface area contributed by atoms with E-state index < -0.39 is 0 Å². The summed E-state index contributed by atoms with van der Waals surface area (Å²) in [5.74, 6) is 1.37. The Balaban J connectivity index is 1.77. The lowest BCUT2D eigenvalue weighted by atomic mass is 10.1. The van der Waals surface area contributed by atoms with Gasteiger partial charge in [-0.25, -0.2) is 0 Å². The zero-order valence-corrected chi connectivity index (χ0v) is 11.5. The number of aromatic nitrogens is 2. The Morgan fingerprint density at radius 2 is 2.37 bits per heavy atom. The van der Waals surface area contributed by atoms with Crippen molar-refractivity contribution < 1.29 is 4.74 Å². The summed E-state index contributed by atoms with van der Waals surface area (Å²) in [5, 5.41) is 6.61. The van der Waals surface area contributed by atoms with Gasteiger partial charge in [-0.1, -0.05) is 18.6 Å². The van der Waals surface area contributed by atoms with Gasteiger partial charge < -0.3 is 15.4 Å². The van der Waals surface area contributed by atoms with Crippen LogP contribution in [-0.4, -0.2) is 36.2 Å². The van der Waals surface area contributed by atoms with Crippen molar-refractivity contribution >= 4 is 5.82 Å². The highest BCUT2D eigenvalue weighted by atomic mass is 16.5. The number of ether oxygens (including phenoxy) is 1. The Kier molecular flexibility index (Phi) is 5.62. The fraction of sp³-hybridized carbons (Fsp3) is 0.571. The Bertz CT molecular complexity index is 420. The molecule has 0 unspecified atom stereocenters. The molecule has 5 heteroatoms. The summed E-state index contributed by atoms with van der Waals surface area (Å²) in [6.45, 7) is 5.72. The highest BCUT2D eigenvalue weighted by molar-refractivity contribution is 5.33. The average Bonchev–Trinajstić information content (AvgIpc) is 2.47. The third kappa shape index (κ3) is 4.87. The second kappa shape index (κ2) is 7.74. The summed E-state index contributed by atoms with van der Waals surface area (Å²) in [4.78, 5) is 8.49. The highest BCUT2D eigenvalue weighted by Crippen LogP contribution is 2.12. The monoisotopic (exact) mass is 262 g/mol. The minimum absolute atomic E-state index is 0.591. The minimum Gasteiger partial charge on any atom is -0.477 e. The molecule has 2 rings (SSSR count). The molecule has 19 heavy (non-hydrogen) atoms. The van der Waals surface area contributed by atoms with Crippen molar-refractivity contribution in [3.8, 4) is 5.88 Å². The van der Waals surface area contributed by atoms with Gasteiger partial charge in [0.05, 0.1) is 19.0 Å². The Morgan fingerprint density at radius 1 is 1.42 bits per heavy atom. The van der Waals surface area contributed by atoms with Gasteiger partial charge in [0.1, 0.15) is 5.82 Å². The zero-order valence-electron chi connectivity index (χ0n) is 11.5. The number of hydrogen-bond acceptors (Lipinski definition) is 5. The standard InChI is InChI=1S/C14H22N4O/c1-2-9-19-14-11-16-10-13(18-14)17-8-5-12-3-6-15-7-4-12/h3,10-11,15H,2,4-9H2,1H3,(H,17,18). The predicted octanol–water partition coefficient (Wildman–Crippen LogP) is 1.99. The number of nitrogens with zero attached hydrogens (tertiary/aromatic N) is 2. The lowest BCUT2D eigenvalue weighted by Gasteiger charge is -2.14. The molecule has 0 aliphatic carbocycles. The van der Waals surface area contributed by atoms with Crippen LogP contribution in [-0.2, 0) is 0 Å². The molecule has 0 atom stereocenters. The minimum atomic E-state index is 0.591. The Labute approximate surface area is 114 Å². The van der Waals surface area contributed by atoms with E-state index in [4.69, 9.17) is 4.74 Å². The van der Waals surface area contributed by atoms with Gasteiger partial charge in [0, 0.05) is 13.1 Å². The van der Waals surface area contributed by atoms with E-state index >= 15 is 0 Å². The van der Waals surface area contributed by atoms with Gasteiger partial charge in [-0.2, -0.15) is 4.98 Å². The van der Waals surface area contributed by atoms with E-state index in [2.05, 4.69) is 33.6 Å². The normalized spacial score (nSPS) is 14.9. The average molecular weight is 262 g/mol. The van der Waals surface area contributed by atoms with E-state index in [9.17, 15) is 0 Å². The van der Waals surface area contributed by atoms with Crippen LogP contribution in [0.1, 0.15) is 26.2 Å². The molecular weight excluding hydrogens is 240 g/mol. The van der Waals surface area contributed by atoms with Crippen molar-refractivity contribution in [2.45, 2.75) is 26.2 Å². The van der Waals surface area contributed by atoms with E-state index in [1.54, 1.807) is 12.4 Å². The maximum absolute atomic E-state index is 5.46. The van der Waals surface area contributed by atoms with Gasteiger partial charge in [0.25, 0.3) is 0 Å². The summed E-state index contributed by atoms with van der Waals surface area (Å²) >= 11 is 0. The largest absolute Gasteiger partial charge is 0.477 e. The molecule has 5 nitrogen and oxygen atoms in total.